The molecule has 5 heteroatoms. The van der Waals surface area contributed by atoms with Crippen LogP contribution in [0.15, 0.2) is 34.8 Å². The van der Waals surface area contributed by atoms with Gasteiger partial charge in [0, 0.05) is 23.5 Å². The van der Waals surface area contributed by atoms with Crippen LogP contribution in [0.25, 0.3) is 0 Å². The van der Waals surface area contributed by atoms with Gasteiger partial charge in [-0.25, -0.2) is 4.79 Å². The van der Waals surface area contributed by atoms with E-state index in [4.69, 9.17) is 9.84 Å². The first-order valence-electron chi connectivity index (χ1n) is 5.61. The fourth-order valence-corrected chi connectivity index (χ4v) is 2.02. The highest BCUT2D eigenvalue weighted by molar-refractivity contribution is 9.10. The number of aryl methyl sites for hydroxylation is 2. The van der Waals surface area contributed by atoms with Crippen molar-refractivity contribution in [2.75, 3.05) is 0 Å². The average molecular weight is 322 g/mol. The number of nitrogens with zero attached hydrogens (tertiary/aromatic N) is 1. The first-order valence-corrected chi connectivity index (χ1v) is 6.41. The summed E-state index contributed by atoms with van der Waals surface area (Å²) in [5, 5.41) is 8.97. The third-order valence-electron chi connectivity index (χ3n) is 2.46. The summed E-state index contributed by atoms with van der Waals surface area (Å²) in [6.45, 7) is 3.76. The van der Waals surface area contributed by atoms with Crippen LogP contribution >= 0.6 is 15.9 Å². The first-order chi connectivity index (χ1) is 8.95. The molecule has 1 aromatic carbocycles. The highest BCUT2D eigenvalue weighted by Crippen LogP contribution is 2.31. The minimum atomic E-state index is -0.987. The number of halogens is 1. The minimum Gasteiger partial charge on any atom is -0.478 e. The van der Waals surface area contributed by atoms with Gasteiger partial charge < -0.3 is 9.84 Å². The molecule has 0 saturated heterocycles. The third-order valence-corrected chi connectivity index (χ3v) is 3.12. The molecule has 0 saturated carbocycles. The predicted molar refractivity (Wildman–Crippen MR) is 74.9 cm³/mol. The summed E-state index contributed by atoms with van der Waals surface area (Å²) in [5.41, 5.74) is 1.88. The van der Waals surface area contributed by atoms with Crippen molar-refractivity contribution in [2.45, 2.75) is 13.8 Å². The van der Waals surface area contributed by atoms with Crippen LogP contribution in [0.1, 0.15) is 21.7 Å². The largest absolute Gasteiger partial charge is 0.478 e. The van der Waals surface area contributed by atoms with Crippen molar-refractivity contribution in [3.63, 3.8) is 0 Å². The maximum Gasteiger partial charge on any atom is 0.335 e. The molecule has 0 aliphatic carbocycles. The van der Waals surface area contributed by atoms with Crippen LogP contribution in [0, 0.1) is 13.8 Å². The van der Waals surface area contributed by atoms with Crippen LogP contribution in [-0.2, 0) is 0 Å². The molecule has 4 nitrogen and oxygen atoms in total. The normalized spacial score (nSPS) is 10.3. The van der Waals surface area contributed by atoms with Gasteiger partial charge in [-0.2, -0.15) is 0 Å². The van der Waals surface area contributed by atoms with Gasteiger partial charge in [0.1, 0.15) is 11.5 Å². The molecule has 19 heavy (non-hydrogen) atoms. The van der Waals surface area contributed by atoms with Crippen molar-refractivity contribution >= 4 is 21.9 Å². The molecule has 1 aromatic heterocycles. The Morgan fingerprint density at radius 2 is 1.84 bits per heavy atom. The van der Waals surface area contributed by atoms with E-state index in [0.717, 1.165) is 11.4 Å². The molecule has 0 amide bonds. The number of pyridine rings is 1. The number of ether oxygens (including phenoxy) is 1. The highest BCUT2D eigenvalue weighted by Gasteiger charge is 2.09. The number of aromatic nitrogens is 1. The maximum absolute atomic E-state index is 10.9. The van der Waals surface area contributed by atoms with Crippen LogP contribution in [0.3, 0.4) is 0 Å². The zero-order valence-corrected chi connectivity index (χ0v) is 12.1. The molecule has 2 aromatic rings. The number of carboxylic acid groups (broad SMARTS) is 1. The van der Waals surface area contributed by atoms with Crippen LogP contribution < -0.4 is 4.74 Å². The van der Waals surface area contributed by atoms with Crippen molar-refractivity contribution < 1.29 is 14.6 Å². The van der Waals surface area contributed by atoms with Gasteiger partial charge in [0.2, 0.25) is 0 Å². The molecular formula is C14H12BrNO3. The standard InChI is InChI=1S/C14H12BrNO3/c1-8-5-11(6-9(2)16-8)19-13-7-10(14(17)18)3-4-12(13)15/h3-7H,1-2H3,(H,17,18). The third kappa shape index (κ3) is 3.32. The van der Waals surface area contributed by atoms with E-state index in [9.17, 15) is 4.79 Å². The Balaban J connectivity index is 2.37. The van der Waals surface area contributed by atoms with Crippen molar-refractivity contribution in [3.05, 3.63) is 51.8 Å². The molecule has 98 valence electrons. The zero-order valence-electron chi connectivity index (χ0n) is 10.5. The number of carboxylic acids is 1. The molecule has 0 atom stereocenters. The van der Waals surface area contributed by atoms with Gasteiger partial charge in [-0.1, -0.05) is 0 Å². The topological polar surface area (TPSA) is 59.4 Å². The van der Waals surface area contributed by atoms with Crippen LogP contribution in [0.5, 0.6) is 11.5 Å². The van der Waals surface area contributed by atoms with E-state index >= 15 is 0 Å². The van der Waals surface area contributed by atoms with Gasteiger partial charge >= 0.3 is 5.97 Å². The van der Waals surface area contributed by atoms with Crippen molar-refractivity contribution in [1.29, 1.82) is 0 Å². The Hall–Kier alpha value is -1.88. The van der Waals surface area contributed by atoms with Gasteiger partial charge in [0.05, 0.1) is 10.0 Å². The molecule has 0 bridgehead atoms. The molecular weight excluding hydrogens is 310 g/mol. The molecule has 0 aliphatic heterocycles. The summed E-state index contributed by atoms with van der Waals surface area (Å²) >= 11 is 3.34. The zero-order chi connectivity index (χ0) is 14.0. The van der Waals surface area contributed by atoms with Gasteiger partial charge in [-0.15, -0.1) is 0 Å². The lowest BCUT2D eigenvalue weighted by molar-refractivity contribution is 0.0696. The summed E-state index contributed by atoms with van der Waals surface area (Å²) in [4.78, 5) is 15.2. The molecule has 2 rings (SSSR count). The number of hydrogen-bond acceptors (Lipinski definition) is 3. The average Bonchev–Trinajstić information content (AvgIpc) is 2.30. The number of carbonyl (C=O) groups is 1. The first kappa shape index (κ1) is 13.5. The Kier molecular flexibility index (Phi) is 3.85. The summed E-state index contributed by atoms with van der Waals surface area (Å²) in [7, 11) is 0. The molecule has 0 aliphatic rings. The number of hydrogen-bond donors (Lipinski definition) is 1. The number of rotatable bonds is 3. The Morgan fingerprint density at radius 1 is 1.21 bits per heavy atom. The number of benzene rings is 1. The SMILES string of the molecule is Cc1cc(Oc2cc(C(=O)O)ccc2Br)cc(C)n1. The van der Waals surface area contributed by atoms with E-state index in [2.05, 4.69) is 20.9 Å². The van der Waals surface area contributed by atoms with Gasteiger partial charge in [-0.3, -0.25) is 4.98 Å². The van der Waals surface area contributed by atoms with Gasteiger partial charge in [0.25, 0.3) is 0 Å². The Morgan fingerprint density at radius 3 is 2.42 bits per heavy atom. The van der Waals surface area contributed by atoms with Crippen molar-refractivity contribution in [1.82, 2.24) is 4.98 Å². The van der Waals surface area contributed by atoms with Crippen LogP contribution in [-0.4, -0.2) is 16.1 Å². The monoisotopic (exact) mass is 321 g/mol. The lowest BCUT2D eigenvalue weighted by atomic mass is 10.2. The van der Waals surface area contributed by atoms with E-state index < -0.39 is 5.97 Å². The summed E-state index contributed by atoms with van der Waals surface area (Å²) in [6, 6.07) is 8.25. The molecule has 1 N–H and O–H groups in total. The lowest BCUT2D eigenvalue weighted by Gasteiger charge is -2.09. The lowest BCUT2D eigenvalue weighted by Crippen LogP contribution is -1.97. The molecule has 0 fully saturated rings. The second kappa shape index (κ2) is 5.40. The minimum absolute atomic E-state index is 0.181. The summed E-state index contributed by atoms with van der Waals surface area (Å²) in [6.07, 6.45) is 0. The van der Waals surface area contributed by atoms with Crippen LogP contribution in [0.4, 0.5) is 0 Å². The predicted octanol–water partition coefficient (Wildman–Crippen LogP) is 3.95. The van der Waals surface area contributed by atoms with Gasteiger partial charge in [-0.05, 0) is 48.0 Å². The quantitative estimate of drug-likeness (QED) is 0.929. The fraction of sp³-hybridized carbons (Fsp3) is 0.143. The van der Waals surface area contributed by atoms with E-state index in [0.29, 0.717) is 16.0 Å². The van der Waals surface area contributed by atoms with E-state index in [1.807, 2.05) is 13.8 Å². The second-order valence-electron chi connectivity index (χ2n) is 4.14. The van der Waals surface area contributed by atoms with E-state index in [-0.39, 0.29) is 5.56 Å². The van der Waals surface area contributed by atoms with Crippen molar-refractivity contribution in [2.24, 2.45) is 0 Å². The second-order valence-corrected chi connectivity index (χ2v) is 4.99. The molecule has 0 radical (unpaired) electrons. The summed E-state index contributed by atoms with van der Waals surface area (Å²) in [5.74, 6) is 0.109. The van der Waals surface area contributed by atoms with Crippen molar-refractivity contribution in [3.8, 4) is 11.5 Å². The number of aromatic carboxylic acids is 1. The molecule has 0 spiro atoms. The Labute approximate surface area is 119 Å². The van der Waals surface area contributed by atoms with E-state index in [1.165, 1.54) is 12.1 Å². The molecule has 1 heterocycles. The smallest absolute Gasteiger partial charge is 0.335 e. The Bertz CT molecular complexity index is 620. The fourth-order valence-electron chi connectivity index (χ4n) is 1.70. The molecule has 0 unspecified atom stereocenters. The highest BCUT2D eigenvalue weighted by atomic mass is 79.9. The van der Waals surface area contributed by atoms with Gasteiger partial charge in [0.15, 0.2) is 0 Å². The maximum atomic E-state index is 10.9. The summed E-state index contributed by atoms with van der Waals surface area (Å²) < 4.78 is 6.41. The van der Waals surface area contributed by atoms with Crippen LogP contribution in [0.2, 0.25) is 0 Å². The van der Waals surface area contributed by atoms with E-state index in [1.54, 1.807) is 18.2 Å².